The Morgan fingerprint density at radius 3 is 2.64 bits per heavy atom. The number of carbonyl (C=O) groups excluding carboxylic acids is 3. The Hall–Kier alpha value is -4.04. The number of hydrogen-bond donors (Lipinski definition) is 2. The zero-order valence-corrected chi connectivity index (χ0v) is 20.3. The van der Waals surface area contributed by atoms with Crippen molar-refractivity contribution in [3.8, 4) is 11.3 Å². The van der Waals surface area contributed by atoms with Crippen molar-refractivity contribution in [1.29, 1.82) is 0 Å². The number of fused-ring (bicyclic) bond motifs is 3. The van der Waals surface area contributed by atoms with Crippen molar-refractivity contribution in [2.24, 2.45) is 5.73 Å². The number of pyridine rings is 1. The van der Waals surface area contributed by atoms with E-state index in [-0.39, 0.29) is 30.0 Å². The van der Waals surface area contributed by atoms with Gasteiger partial charge in [0.25, 0.3) is 11.8 Å². The number of rotatable bonds is 6. The molecule has 2 aliphatic heterocycles. The van der Waals surface area contributed by atoms with Gasteiger partial charge in [0, 0.05) is 29.3 Å². The molecule has 3 amide bonds. The third kappa shape index (κ3) is 4.59. The first-order valence-corrected chi connectivity index (χ1v) is 12.1. The quantitative estimate of drug-likeness (QED) is 0.524. The summed E-state index contributed by atoms with van der Waals surface area (Å²) >= 11 is 0. The molecule has 8 nitrogen and oxygen atoms in total. The van der Waals surface area contributed by atoms with Gasteiger partial charge < -0.3 is 20.9 Å². The largest absolute Gasteiger partial charge is 0.366 e. The average molecular weight is 484 g/mol. The molecular formula is C28H29N5O3. The van der Waals surface area contributed by atoms with Gasteiger partial charge in [-0.05, 0) is 73.6 Å². The molecule has 3 aromatic rings. The first-order valence-electron chi connectivity index (χ1n) is 12.1. The highest BCUT2D eigenvalue weighted by molar-refractivity contribution is 6.05. The molecule has 1 aromatic heterocycles. The minimum atomic E-state index is -0.614. The second-order valence-electron chi connectivity index (χ2n) is 9.62. The number of benzene rings is 2. The number of amides is 3. The van der Waals surface area contributed by atoms with Crippen LogP contribution in [-0.4, -0.2) is 65.2 Å². The minimum absolute atomic E-state index is 0.0972. The first kappa shape index (κ1) is 23.7. The maximum absolute atomic E-state index is 12.9. The third-order valence-electron chi connectivity index (χ3n) is 7.06. The fraction of sp³-hybridized carbons (Fsp3) is 0.286. The van der Waals surface area contributed by atoms with E-state index in [0.717, 1.165) is 47.8 Å². The lowest BCUT2D eigenvalue weighted by Crippen LogP contribution is -2.43. The van der Waals surface area contributed by atoms with Crippen LogP contribution in [0.4, 0.5) is 0 Å². The molecule has 0 spiro atoms. The molecule has 3 N–H and O–H groups in total. The van der Waals surface area contributed by atoms with Crippen LogP contribution in [0, 0.1) is 0 Å². The van der Waals surface area contributed by atoms with Crippen molar-refractivity contribution < 1.29 is 14.4 Å². The van der Waals surface area contributed by atoms with Gasteiger partial charge in [-0.25, -0.2) is 4.98 Å². The number of nitrogens with zero attached hydrogens (tertiary/aromatic N) is 3. The van der Waals surface area contributed by atoms with Crippen molar-refractivity contribution in [3.63, 3.8) is 0 Å². The Kier molecular flexibility index (Phi) is 6.28. The van der Waals surface area contributed by atoms with E-state index in [0.29, 0.717) is 23.5 Å². The van der Waals surface area contributed by atoms with Crippen molar-refractivity contribution in [3.05, 3.63) is 77.5 Å². The summed E-state index contributed by atoms with van der Waals surface area (Å²) in [6.45, 7) is 6.09. The molecule has 0 radical (unpaired) electrons. The monoisotopic (exact) mass is 483 g/mol. The van der Waals surface area contributed by atoms with E-state index in [1.807, 2.05) is 42.5 Å². The molecular weight excluding hydrogens is 454 g/mol. The van der Waals surface area contributed by atoms with Crippen molar-refractivity contribution in [2.75, 3.05) is 26.7 Å². The molecule has 3 heterocycles. The number of nitrogens with one attached hydrogen (secondary N) is 1. The van der Waals surface area contributed by atoms with Crippen LogP contribution in [-0.2, 0) is 11.3 Å². The van der Waals surface area contributed by atoms with Gasteiger partial charge in [-0.3, -0.25) is 14.4 Å². The molecule has 2 aliphatic rings. The summed E-state index contributed by atoms with van der Waals surface area (Å²) in [5.74, 6) is -0.925. The number of piperidine rings is 1. The van der Waals surface area contributed by atoms with Crippen molar-refractivity contribution >= 4 is 28.5 Å². The molecule has 0 atom stereocenters. The summed E-state index contributed by atoms with van der Waals surface area (Å²) in [7, 11) is 2.09. The lowest BCUT2D eigenvalue weighted by atomic mass is 9.97. The normalized spacial score (nSPS) is 16.2. The molecule has 5 rings (SSSR count). The maximum atomic E-state index is 12.9. The van der Waals surface area contributed by atoms with Gasteiger partial charge in [-0.2, -0.15) is 0 Å². The standard InChI is InChI=1S/C28H29N5O3/c1-17(26(29)34)15-33-16-23-21(28(33)36)9-8-18-6-7-19(14-22(18)23)24-4-3-5-25(31-24)27(35)30-20-10-12-32(2)13-11-20/h3-9,14,20H,1,10-13,15-16H2,2H3,(H2,29,34)(H,30,35). The smallest absolute Gasteiger partial charge is 0.270 e. The molecule has 0 bridgehead atoms. The maximum Gasteiger partial charge on any atom is 0.270 e. The van der Waals surface area contributed by atoms with Gasteiger partial charge in [0.2, 0.25) is 5.91 Å². The molecule has 2 aromatic carbocycles. The molecule has 0 unspecified atom stereocenters. The van der Waals surface area contributed by atoms with E-state index in [9.17, 15) is 14.4 Å². The minimum Gasteiger partial charge on any atom is -0.366 e. The highest BCUT2D eigenvalue weighted by Gasteiger charge is 2.30. The topological polar surface area (TPSA) is 109 Å². The van der Waals surface area contributed by atoms with E-state index in [4.69, 9.17) is 5.73 Å². The van der Waals surface area contributed by atoms with Crippen LogP contribution in [0.25, 0.3) is 22.0 Å². The van der Waals surface area contributed by atoms with Gasteiger partial charge >= 0.3 is 0 Å². The number of aromatic nitrogens is 1. The summed E-state index contributed by atoms with van der Waals surface area (Å²) < 4.78 is 0. The van der Waals surface area contributed by atoms with Crippen molar-refractivity contribution in [2.45, 2.75) is 25.4 Å². The zero-order valence-electron chi connectivity index (χ0n) is 20.3. The SMILES string of the molecule is C=C(CN1Cc2c(ccc3ccc(-c4cccc(C(=O)NC5CCN(C)CC5)n4)cc23)C1=O)C(N)=O. The Balaban J connectivity index is 1.41. The molecule has 8 heteroatoms. The van der Waals surface area contributed by atoms with E-state index >= 15 is 0 Å². The Bertz CT molecular complexity index is 1390. The van der Waals surface area contributed by atoms with E-state index in [1.54, 1.807) is 11.0 Å². The molecule has 36 heavy (non-hydrogen) atoms. The fourth-order valence-electron chi connectivity index (χ4n) is 4.92. The first-order chi connectivity index (χ1) is 17.3. The second kappa shape index (κ2) is 9.54. The molecule has 0 aliphatic carbocycles. The van der Waals surface area contributed by atoms with Crippen LogP contribution in [0.5, 0.6) is 0 Å². The summed E-state index contributed by atoms with van der Waals surface area (Å²) in [6.07, 6.45) is 1.86. The van der Waals surface area contributed by atoms with Gasteiger partial charge in [-0.1, -0.05) is 30.8 Å². The number of nitrogens with two attached hydrogens (primary N) is 1. The zero-order chi connectivity index (χ0) is 25.4. The highest BCUT2D eigenvalue weighted by atomic mass is 16.2. The van der Waals surface area contributed by atoms with Crippen molar-refractivity contribution in [1.82, 2.24) is 20.1 Å². The second-order valence-corrected chi connectivity index (χ2v) is 9.62. The molecule has 1 fully saturated rings. The average Bonchev–Trinajstić information content (AvgIpc) is 3.20. The predicted molar refractivity (Wildman–Crippen MR) is 138 cm³/mol. The fourth-order valence-corrected chi connectivity index (χ4v) is 4.92. The number of primary amides is 1. The van der Waals surface area contributed by atoms with Crippen LogP contribution in [0.2, 0.25) is 0 Å². The number of carbonyl (C=O) groups is 3. The van der Waals surface area contributed by atoms with Gasteiger partial charge in [-0.15, -0.1) is 0 Å². The summed E-state index contributed by atoms with van der Waals surface area (Å²) in [4.78, 5) is 45.7. The van der Waals surface area contributed by atoms with Crippen LogP contribution in [0.15, 0.2) is 60.7 Å². The Morgan fingerprint density at radius 2 is 1.89 bits per heavy atom. The lowest BCUT2D eigenvalue weighted by Gasteiger charge is -2.29. The third-order valence-corrected chi connectivity index (χ3v) is 7.06. The number of hydrogen-bond acceptors (Lipinski definition) is 5. The van der Waals surface area contributed by atoms with Crippen LogP contribution in [0.1, 0.15) is 39.3 Å². The van der Waals surface area contributed by atoms with Gasteiger partial charge in [0.05, 0.1) is 12.2 Å². The number of likely N-dealkylation sites (tertiary alicyclic amines) is 1. The lowest BCUT2D eigenvalue weighted by molar-refractivity contribution is -0.114. The van der Waals surface area contributed by atoms with Crippen LogP contribution >= 0.6 is 0 Å². The highest BCUT2D eigenvalue weighted by Crippen LogP contribution is 2.33. The van der Waals surface area contributed by atoms with E-state index < -0.39 is 5.91 Å². The summed E-state index contributed by atoms with van der Waals surface area (Å²) in [6, 6.07) is 15.3. The van der Waals surface area contributed by atoms with Crippen LogP contribution < -0.4 is 11.1 Å². The summed E-state index contributed by atoms with van der Waals surface area (Å²) in [5.41, 5.74) is 8.95. The van der Waals surface area contributed by atoms with Gasteiger partial charge in [0.1, 0.15) is 5.69 Å². The van der Waals surface area contributed by atoms with E-state index in [2.05, 4.69) is 28.8 Å². The summed E-state index contributed by atoms with van der Waals surface area (Å²) in [5, 5.41) is 5.06. The van der Waals surface area contributed by atoms with E-state index in [1.165, 1.54) is 0 Å². The molecule has 184 valence electrons. The Morgan fingerprint density at radius 1 is 1.14 bits per heavy atom. The van der Waals surface area contributed by atoms with Gasteiger partial charge in [0.15, 0.2) is 0 Å². The predicted octanol–water partition coefficient (Wildman–Crippen LogP) is 2.72. The molecule has 0 saturated carbocycles. The van der Waals surface area contributed by atoms with Crippen LogP contribution in [0.3, 0.4) is 0 Å². The molecule has 1 saturated heterocycles. The Labute approximate surface area is 209 Å².